The first kappa shape index (κ1) is 16.7. The van der Waals surface area contributed by atoms with Crippen LogP contribution in [0.15, 0.2) is 30.3 Å². The summed E-state index contributed by atoms with van der Waals surface area (Å²) in [7, 11) is 0. The standard InChI is InChI=1S/C18H28N2O3/c21-16(15-23-17-5-2-1-3-6-17)13-19-8-10-20(11-9-19)14-18-7-4-12-22-18/h1-3,5-6,16,18,21H,4,7-15H2/t16-,18+/m1/s1. The van der Waals surface area contributed by atoms with Crippen molar-refractivity contribution in [3.63, 3.8) is 0 Å². The molecule has 23 heavy (non-hydrogen) atoms. The normalized spacial score (nSPS) is 24.7. The van der Waals surface area contributed by atoms with Crippen LogP contribution in [-0.2, 0) is 4.74 Å². The number of nitrogens with zero attached hydrogens (tertiary/aromatic N) is 2. The summed E-state index contributed by atoms with van der Waals surface area (Å²) in [4.78, 5) is 4.81. The molecule has 0 saturated carbocycles. The molecule has 0 aromatic heterocycles. The Morgan fingerprint density at radius 2 is 1.87 bits per heavy atom. The first-order valence-electron chi connectivity index (χ1n) is 8.72. The maximum Gasteiger partial charge on any atom is 0.119 e. The number of piperazine rings is 1. The van der Waals surface area contributed by atoms with E-state index in [1.807, 2.05) is 30.3 Å². The smallest absolute Gasteiger partial charge is 0.119 e. The lowest BCUT2D eigenvalue weighted by Gasteiger charge is -2.36. The maximum atomic E-state index is 10.2. The van der Waals surface area contributed by atoms with Gasteiger partial charge in [-0.15, -0.1) is 0 Å². The molecule has 2 aliphatic rings. The lowest BCUT2D eigenvalue weighted by molar-refractivity contribution is 0.0263. The average Bonchev–Trinajstić information content (AvgIpc) is 3.09. The molecule has 0 amide bonds. The van der Waals surface area contributed by atoms with Crippen LogP contribution in [0.3, 0.4) is 0 Å². The zero-order valence-electron chi connectivity index (χ0n) is 13.8. The minimum Gasteiger partial charge on any atom is -0.491 e. The van der Waals surface area contributed by atoms with Crippen molar-refractivity contribution in [3.05, 3.63) is 30.3 Å². The molecule has 2 heterocycles. The van der Waals surface area contributed by atoms with Gasteiger partial charge in [-0.05, 0) is 25.0 Å². The fourth-order valence-corrected chi connectivity index (χ4v) is 3.29. The number of para-hydroxylation sites is 1. The number of benzene rings is 1. The minimum absolute atomic E-state index is 0.347. The highest BCUT2D eigenvalue weighted by atomic mass is 16.5. The van der Waals surface area contributed by atoms with Gasteiger partial charge in [0.1, 0.15) is 18.5 Å². The SMILES string of the molecule is O[C@@H](COc1ccccc1)CN1CCN(C[C@@H]2CCCO2)CC1. The number of ether oxygens (including phenoxy) is 2. The van der Waals surface area contributed by atoms with Gasteiger partial charge in [-0.2, -0.15) is 0 Å². The van der Waals surface area contributed by atoms with E-state index < -0.39 is 6.10 Å². The summed E-state index contributed by atoms with van der Waals surface area (Å²) in [5.41, 5.74) is 0. The van der Waals surface area contributed by atoms with Gasteiger partial charge < -0.3 is 14.6 Å². The molecule has 0 bridgehead atoms. The van der Waals surface area contributed by atoms with E-state index in [2.05, 4.69) is 9.80 Å². The molecule has 2 aliphatic heterocycles. The monoisotopic (exact) mass is 320 g/mol. The molecule has 0 spiro atoms. The second kappa shape index (κ2) is 8.64. The second-order valence-electron chi connectivity index (χ2n) is 6.51. The van der Waals surface area contributed by atoms with Gasteiger partial charge in [-0.25, -0.2) is 0 Å². The second-order valence-corrected chi connectivity index (χ2v) is 6.51. The van der Waals surface area contributed by atoms with Crippen LogP contribution in [0, 0.1) is 0 Å². The van der Waals surface area contributed by atoms with Crippen molar-refractivity contribution in [2.75, 3.05) is 52.5 Å². The highest BCUT2D eigenvalue weighted by Crippen LogP contribution is 2.14. The Labute approximate surface area is 138 Å². The maximum absolute atomic E-state index is 10.2. The quantitative estimate of drug-likeness (QED) is 0.818. The molecule has 5 heteroatoms. The van der Waals surface area contributed by atoms with Crippen LogP contribution in [-0.4, -0.2) is 79.6 Å². The van der Waals surface area contributed by atoms with Crippen molar-refractivity contribution in [1.29, 1.82) is 0 Å². The number of β-amino-alcohol motifs (C(OH)–C–C–N with tert-alkyl or cyclic N) is 1. The first-order chi connectivity index (χ1) is 11.3. The Balaban J connectivity index is 1.31. The zero-order chi connectivity index (χ0) is 15.9. The van der Waals surface area contributed by atoms with E-state index in [9.17, 15) is 5.11 Å². The van der Waals surface area contributed by atoms with Crippen LogP contribution in [0.25, 0.3) is 0 Å². The van der Waals surface area contributed by atoms with Crippen LogP contribution in [0.4, 0.5) is 0 Å². The molecule has 2 atom stereocenters. The minimum atomic E-state index is -0.445. The molecule has 5 nitrogen and oxygen atoms in total. The van der Waals surface area contributed by atoms with E-state index in [0.29, 0.717) is 19.3 Å². The van der Waals surface area contributed by atoms with Crippen molar-refractivity contribution >= 4 is 0 Å². The van der Waals surface area contributed by atoms with E-state index in [-0.39, 0.29) is 0 Å². The Morgan fingerprint density at radius 3 is 2.57 bits per heavy atom. The molecular formula is C18H28N2O3. The molecule has 128 valence electrons. The van der Waals surface area contributed by atoms with Gasteiger partial charge >= 0.3 is 0 Å². The molecule has 0 unspecified atom stereocenters. The molecule has 2 saturated heterocycles. The van der Waals surface area contributed by atoms with Crippen molar-refractivity contribution in [2.45, 2.75) is 25.0 Å². The van der Waals surface area contributed by atoms with Crippen molar-refractivity contribution in [1.82, 2.24) is 9.80 Å². The van der Waals surface area contributed by atoms with Gasteiger partial charge in [0.25, 0.3) is 0 Å². The molecule has 2 fully saturated rings. The highest BCUT2D eigenvalue weighted by Gasteiger charge is 2.23. The van der Waals surface area contributed by atoms with E-state index >= 15 is 0 Å². The van der Waals surface area contributed by atoms with Crippen LogP contribution < -0.4 is 4.74 Å². The fraction of sp³-hybridized carbons (Fsp3) is 0.667. The van der Waals surface area contributed by atoms with Gasteiger partial charge in [-0.1, -0.05) is 18.2 Å². The summed E-state index contributed by atoms with van der Waals surface area (Å²) in [6, 6.07) is 9.66. The number of hydrogen-bond acceptors (Lipinski definition) is 5. The molecule has 1 aromatic rings. The molecule has 3 rings (SSSR count). The predicted octanol–water partition coefficient (Wildman–Crippen LogP) is 1.22. The summed E-state index contributed by atoms with van der Waals surface area (Å²) < 4.78 is 11.3. The number of aliphatic hydroxyl groups is 1. The molecule has 1 N–H and O–H groups in total. The Morgan fingerprint density at radius 1 is 1.13 bits per heavy atom. The van der Waals surface area contributed by atoms with Gasteiger partial charge in [0, 0.05) is 45.9 Å². The third-order valence-corrected chi connectivity index (χ3v) is 4.61. The Hall–Kier alpha value is -1.14. The molecule has 1 aromatic carbocycles. The van der Waals surface area contributed by atoms with E-state index in [1.165, 1.54) is 12.8 Å². The van der Waals surface area contributed by atoms with Gasteiger partial charge in [0.15, 0.2) is 0 Å². The summed E-state index contributed by atoms with van der Waals surface area (Å²) in [6.45, 7) is 7.16. The third kappa shape index (κ3) is 5.46. The van der Waals surface area contributed by atoms with Crippen LogP contribution in [0.1, 0.15) is 12.8 Å². The lowest BCUT2D eigenvalue weighted by Crippen LogP contribution is -2.50. The zero-order valence-corrected chi connectivity index (χ0v) is 13.8. The van der Waals surface area contributed by atoms with E-state index in [4.69, 9.17) is 9.47 Å². The van der Waals surface area contributed by atoms with Crippen LogP contribution in [0.5, 0.6) is 5.75 Å². The van der Waals surface area contributed by atoms with Gasteiger partial charge in [0.2, 0.25) is 0 Å². The molecule has 0 aliphatic carbocycles. The first-order valence-corrected chi connectivity index (χ1v) is 8.72. The number of hydrogen-bond donors (Lipinski definition) is 1. The third-order valence-electron chi connectivity index (χ3n) is 4.61. The van der Waals surface area contributed by atoms with Crippen molar-refractivity contribution < 1.29 is 14.6 Å². The molecule has 0 radical (unpaired) electrons. The van der Waals surface area contributed by atoms with Crippen molar-refractivity contribution in [3.8, 4) is 5.75 Å². The highest BCUT2D eigenvalue weighted by molar-refractivity contribution is 5.20. The van der Waals surface area contributed by atoms with E-state index in [0.717, 1.165) is 45.1 Å². The Bertz CT molecular complexity index is 443. The number of rotatable bonds is 7. The summed E-state index contributed by atoms with van der Waals surface area (Å²) in [6.07, 6.45) is 2.40. The number of aliphatic hydroxyl groups excluding tert-OH is 1. The van der Waals surface area contributed by atoms with Crippen molar-refractivity contribution in [2.24, 2.45) is 0 Å². The lowest BCUT2D eigenvalue weighted by atomic mass is 10.2. The van der Waals surface area contributed by atoms with Crippen LogP contribution >= 0.6 is 0 Å². The van der Waals surface area contributed by atoms with Crippen LogP contribution in [0.2, 0.25) is 0 Å². The average molecular weight is 320 g/mol. The summed E-state index contributed by atoms with van der Waals surface area (Å²) >= 11 is 0. The fourth-order valence-electron chi connectivity index (χ4n) is 3.29. The largest absolute Gasteiger partial charge is 0.491 e. The van der Waals surface area contributed by atoms with Gasteiger partial charge in [0.05, 0.1) is 6.10 Å². The molecular weight excluding hydrogens is 292 g/mol. The summed E-state index contributed by atoms with van der Waals surface area (Å²) in [5, 5.41) is 10.2. The Kier molecular flexibility index (Phi) is 6.28. The van der Waals surface area contributed by atoms with E-state index in [1.54, 1.807) is 0 Å². The summed E-state index contributed by atoms with van der Waals surface area (Å²) in [5.74, 6) is 0.813. The predicted molar refractivity (Wildman–Crippen MR) is 89.8 cm³/mol. The topological polar surface area (TPSA) is 45.2 Å². The van der Waals surface area contributed by atoms with Gasteiger partial charge in [-0.3, -0.25) is 9.80 Å².